The van der Waals surface area contributed by atoms with Crippen LogP contribution in [-0.2, 0) is 6.42 Å². The molecule has 110 valence electrons. The van der Waals surface area contributed by atoms with Crippen molar-refractivity contribution in [3.05, 3.63) is 18.0 Å². The topological polar surface area (TPSA) is 38.0 Å². The minimum absolute atomic E-state index is 0.234. The summed E-state index contributed by atoms with van der Waals surface area (Å²) < 4.78 is 2.05. The Labute approximate surface area is 118 Å². The summed E-state index contributed by atoms with van der Waals surface area (Å²) in [4.78, 5) is 0. The van der Waals surface area contributed by atoms with E-state index < -0.39 is 0 Å². The van der Waals surface area contributed by atoms with Crippen LogP contribution in [-0.4, -0.2) is 21.0 Å². The third-order valence-electron chi connectivity index (χ3n) is 3.82. The van der Waals surface area contributed by atoms with E-state index in [9.17, 15) is 5.11 Å². The van der Waals surface area contributed by atoms with Crippen LogP contribution in [0.4, 0.5) is 0 Å². The molecule has 0 saturated heterocycles. The van der Waals surface area contributed by atoms with Crippen LogP contribution >= 0.6 is 0 Å². The van der Waals surface area contributed by atoms with Crippen molar-refractivity contribution in [3.8, 4) is 0 Å². The molecule has 0 saturated carbocycles. The summed E-state index contributed by atoms with van der Waals surface area (Å²) in [5.74, 6) is 0. The fourth-order valence-electron chi connectivity index (χ4n) is 2.50. The molecule has 1 unspecified atom stereocenters. The number of aliphatic hydroxyl groups excluding tert-OH is 1. The Morgan fingerprint density at radius 1 is 1.16 bits per heavy atom. The molecule has 0 aliphatic rings. The van der Waals surface area contributed by atoms with Crippen LogP contribution in [0.2, 0.25) is 0 Å². The lowest BCUT2D eigenvalue weighted by atomic mass is 10.1. The normalized spacial score (nSPS) is 13.1. The van der Waals surface area contributed by atoms with Crippen molar-refractivity contribution in [2.24, 2.45) is 0 Å². The zero-order chi connectivity index (χ0) is 14.1. The first-order valence-corrected chi connectivity index (χ1v) is 7.93. The third-order valence-corrected chi connectivity index (χ3v) is 3.82. The summed E-state index contributed by atoms with van der Waals surface area (Å²) in [5, 5.41) is 14.6. The Kier molecular flexibility index (Phi) is 7.80. The van der Waals surface area contributed by atoms with E-state index in [2.05, 4.69) is 36.7 Å². The summed E-state index contributed by atoms with van der Waals surface area (Å²) >= 11 is 0. The fraction of sp³-hybridized carbons (Fsp3) is 0.812. The number of aromatic nitrogens is 2. The monoisotopic (exact) mass is 266 g/mol. The first-order valence-electron chi connectivity index (χ1n) is 7.93. The smallest absolute Gasteiger partial charge is 0.0650 e. The third kappa shape index (κ3) is 5.77. The second-order valence-electron chi connectivity index (χ2n) is 5.46. The van der Waals surface area contributed by atoms with Crippen molar-refractivity contribution in [2.45, 2.75) is 84.3 Å². The lowest BCUT2D eigenvalue weighted by molar-refractivity contribution is 0.159. The van der Waals surface area contributed by atoms with E-state index in [1.54, 1.807) is 0 Å². The van der Waals surface area contributed by atoms with Gasteiger partial charge in [0, 0.05) is 12.6 Å². The Morgan fingerprint density at radius 2 is 1.89 bits per heavy atom. The second kappa shape index (κ2) is 9.13. The van der Waals surface area contributed by atoms with Crippen molar-refractivity contribution < 1.29 is 5.11 Å². The van der Waals surface area contributed by atoms with Gasteiger partial charge in [0.15, 0.2) is 0 Å². The Balaban J connectivity index is 2.36. The average molecular weight is 266 g/mol. The van der Waals surface area contributed by atoms with Gasteiger partial charge in [-0.1, -0.05) is 46.5 Å². The number of hydrogen-bond donors (Lipinski definition) is 1. The standard InChI is InChI=1S/C16H30N2O/c1-4-7-8-9-10-16(19)13-14-11-12-18(17-14)15(5-2)6-3/h11-12,15-16,19H,4-10,13H2,1-3H3. The fourth-order valence-corrected chi connectivity index (χ4v) is 2.50. The van der Waals surface area contributed by atoms with Crippen LogP contribution in [0.1, 0.15) is 77.5 Å². The molecule has 1 rings (SSSR count). The molecule has 0 aromatic carbocycles. The second-order valence-corrected chi connectivity index (χ2v) is 5.46. The number of hydrogen-bond acceptors (Lipinski definition) is 2. The van der Waals surface area contributed by atoms with E-state index in [1.807, 2.05) is 6.07 Å². The molecule has 0 fully saturated rings. The van der Waals surface area contributed by atoms with Crippen LogP contribution in [0, 0.1) is 0 Å². The number of aliphatic hydroxyl groups is 1. The van der Waals surface area contributed by atoms with Gasteiger partial charge in [-0.15, -0.1) is 0 Å². The molecule has 1 aromatic rings. The number of nitrogens with zero attached hydrogens (tertiary/aromatic N) is 2. The molecule has 3 nitrogen and oxygen atoms in total. The largest absolute Gasteiger partial charge is 0.393 e. The predicted octanol–water partition coefficient (Wildman–Crippen LogP) is 4.12. The maximum Gasteiger partial charge on any atom is 0.0650 e. The minimum atomic E-state index is -0.234. The minimum Gasteiger partial charge on any atom is -0.393 e. The Morgan fingerprint density at radius 3 is 2.53 bits per heavy atom. The molecule has 1 heterocycles. The van der Waals surface area contributed by atoms with Crippen LogP contribution < -0.4 is 0 Å². The van der Waals surface area contributed by atoms with Gasteiger partial charge >= 0.3 is 0 Å². The van der Waals surface area contributed by atoms with E-state index in [-0.39, 0.29) is 6.10 Å². The molecular formula is C16H30N2O. The molecule has 0 bridgehead atoms. The highest BCUT2D eigenvalue weighted by molar-refractivity contribution is 5.01. The molecule has 0 aliphatic carbocycles. The number of rotatable bonds is 10. The van der Waals surface area contributed by atoms with Gasteiger partial charge in [0.05, 0.1) is 17.8 Å². The average Bonchev–Trinajstić information content (AvgIpc) is 2.84. The van der Waals surface area contributed by atoms with Crippen LogP contribution in [0.5, 0.6) is 0 Å². The molecule has 1 N–H and O–H groups in total. The van der Waals surface area contributed by atoms with Gasteiger partial charge in [0.1, 0.15) is 0 Å². The van der Waals surface area contributed by atoms with Crippen LogP contribution in [0.15, 0.2) is 12.3 Å². The SMILES string of the molecule is CCCCCCC(O)Cc1ccn(C(CC)CC)n1. The molecular weight excluding hydrogens is 236 g/mol. The maximum atomic E-state index is 10.0. The summed E-state index contributed by atoms with van der Waals surface area (Å²) in [6, 6.07) is 2.54. The molecule has 0 radical (unpaired) electrons. The van der Waals surface area contributed by atoms with Gasteiger partial charge in [0.2, 0.25) is 0 Å². The van der Waals surface area contributed by atoms with Crippen molar-refractivity contribution in [3.63, 3.8) is 0 Å². The Hall–Kier alpha value is -0.830. The first kappa shape index (κ1) is 16.2. The van der Waals surface area contributed by atoms with Crippen molar-refractivity contribution in [1.29, 1.82) is 0 Å². The Bertz CT molecular complexity index is 331. The highest BCUT2D eigenvalue weighted by Gasteiger charge is 2.11. The predicted molar refractivity (Wildman–Crippen MR) is 80.3 cm³/mol. The van der Waals surface area contributed by atoms with Gasteiger partial charge < -0.3 is 5.11 Å². The van der Waals surface area contributed by atoms with E-state index in [4.69, 9.17) is 0 Å². The molecule has 3 heteroatoms. The first-order chi connectivity index (χ1) is 9.21. The van der Waals surface area contributed by atoms with Crippen molar-refractivity contribution in [2.75, 3.05) is 0 Å². The molecule has 0 aliphatic heterocycles. The molecule has 0 spiro atoms. The zero-order valence-electron chi connectivity index (χ0n) is 12.8. The highest BCUT2D eigenvalue weighted by Crippen LogP contribution is 2.16. The molecule has 0 amide bonds. The summed E-state index contributed by atoms with van der Waals surface area (Å²) in [7, 11) is 0. The van der Waals surface area contributed by atoms with E-state index in [0.717, 1.165) is 31.4 Å². The highest BCUT2D eigenvalue weighted by atomic mass is 16.3. The quantitative estimate of drug-likeness (QED) is 0.647. The van der Waals surface area contributed by atoms with Crippen LogP contribution in [0.25, 0.3) is 0 Å². The van der Waals surface area contributed by atoms with Gasteiger partial charge in [-0.25, -0.2) is 0 Å². The summed E-state index contributed by atoms with van der Waals surface area (Å²) in [5.41, 5.74) is 1.02. The lowest BCUT2D eigenvalue weighted by Gasteiger charge is -2.13. The molecule has 1 atom stereocenters. The van der Waals surface area contributed by atoms with Crippen LogP contribution in [0.3, 0.4) is 0 Å². The zero-order valence-corrected chi connectivity index (χ0v) is 12.8. The summed E-state index contributed by atoms with van der Waals surface area (Å²) in [6.45, 7) is 6.59. The number of unbranched alkanes of at least 4 members (excludes halogenated alkanes) is 3. The van der Waals surface area contributed by atoms with Gasteiger partial charge in [0.25, 0.3) is 0 Å². The maximum absolute atomic E-state index is 10.0. The molecule has 19 heavy (non-hydrogen) atoms. The molecule has 1 aromatic heterocycles. The van der Waals surface area contributed by atoms with E-state index >= 15 is 0 Å². The van der Waals surface area contributed by atoms with E-state index in [0.29, 0.717) is 12.5 Å². The van der Waals surface area contributed by atoms with Crippen molar-refractivity contribution in [1.82, 2.24) is 9.78 Å². The summed E-state index contributed by atoms with van der Waals surface area (Å²) in [6.07, 6.45) is 10.5. The lowest BCUT2D eigenvalue weighted by Crippen LogP contribution is -2.12. The van der Waals surface area contributed by atoms with E-state index in [1.165, 1.54) is 19.3 Å². The van der Waals surface area contributed by atoms with Gasteiger partial charge in [-0.3, -0.25) is 4.68 Å². The van der Waals surface area contributed by atoms with Gasteiger partial charge in [-0.05, 0) is 25.3 Å². The van der Waals surface area contributed by atoms with Gasteiger partial charge in [-0.2, -0.15) is 5.10 Å². The van der Waals surface area contributed by atoms with Crippen molar-refractivity contribution >= 4 is 0 Å².